The normalized spacial score (nSPS) is 11.3. The lowest BCUT2D eigenvalue weighted by molar-refractivity contribution is -0.131. The lowest BCUT2D eigenvalue weighted by Gasteiger charge is -2.06. The topological polar surface area (TPSA) is 46.5 Å². The van der Waals surface area contributed by atoms with Crippen molar-refractivity contribution in [3.63, 3.8) is 0 Å². The van der Waals surface area contributed by atoms with Crippen molar-refractivity contribution in [3.8, 4) is 5.75 Å². The molecule has 0 spiro atoms. The van der Waals surface area contributed by atoms with Crippen LogP contribution in [0.2, 0.25) is 10.0 Å². The average molecular weight is 261 g/mol. The van der Waals surface area contributed by atoms with E-state index in [1.807, 2.05) is 0 Å². The summed E-state index contributed by atoms with van der Waals surface area (Å²) in [6.07, 6.45) is 1.09. The van der Waals surface area contributed by atoms with Gasteiger partial charge in [0.15, 0.2) is 0 Å². The van der Waals surface area contributed by atoms with Gasteiger partial charge in [0.1, 0.15) is 12.4 Å². The Morgan fingerprint density at radius 3 is 2.69 bits per heavy atom. The largest absolute Gasteiger partial charge is 0.489 e. The fraction of sp³-hybridized carbons (Fsp3) is 0.182. The molecule has 1 aromatic carbocycles. The highest BCUT2D eigenvalue weighted by Gasteiger charge is 2.01. The summed E-state index contributed by atoms with van der Waals surface area (Å²) in [7, 11) is 0. The average Bonchev–Trinajstić information content (AvgIpc) is 2.19. The molecule has 16 heavy (non-hydrogen) atoms. The molecule has 1 N–H and O–H groups in total. The zero-order chi connectivity index (χ0) is 12.1. The van der Waals surface area contributed by atoms with Crippen LogP contribution in [0.1, 0.15) is 6.92 Å². The van der Waals surface area contributed by atoms with Crippen LogP contribution in [0.25, 0.3) is 0 Å². The lowest BCUT2D eigenvalue weighted by Crippen LogP contribution is -2.01. The summed E-state index contributed by atoms with van der Waals surface area (Å²) >= 11 is 11.5. The van der Waals surface area contributed by atoms with Crippen molar-refractivity contribution in [2.24, 2.45) is 0 Å². The summed E-state index contributed by atoms with van der Waals surface area (Å²) in [5.74, 6) is -0.442. The molecule has 0 saturated heterocycles. The van der Waals surface area contributed by atoms with Gasteiger partial charge in [-0.2, -0.15) is 0 Å². The van der Waals surface area contributed by atoms with E-state index in [9.17, 15) is 4.79 Å². The Hall–Kier alpha value is -1.19. The van der Waals surface area contributed by atoms with Gasteiger partial charge in [-0.05, 0) is 24.6 Å². The summed E-state index contributed by atoms with van der Waals surface area (Å²) in [6, 6.07) is 4.87. The Balaban J connectivity index is 2.61. The Kier molecular flexibility index (Phi) is 4.65. The van der Waals surface area contributed by atoms with Crippen LogP contribution in [0.5, 0.6) is 5.75 Å². The number of rotatable bonds is 4. The van der Waals surface area contributed by atoms with E-state index in [2.05, 4.69) is 0 Å². The van der Waals surface area contributed by atoms with Crippen LogP contribution in [0.15, 0.2) is 29.8 Å². The van der Waals surface area contributed by atoms with E-state index in [0.717, 1.165) is 6.08 Å². The first-order valence-corrected chi connectivity index (χ1v) is 5.22. The Morgan fingerprint density at radius 1 is 1.44 bits per heavy atom. The molecule has 0 unspecified atom stereocenters. The molecule has 3 nitrogen and oxygen atoms in total. The molecule has 1 rings (SSSR count). The number of halogens is 2. The van der Waals surface area contributed by atoms with Crippen LogP contribution >= 0.6 is 23.2 Å². The minimum Gasteiger partial charge on any atom is -0.489 e. The Morgan fingerprint density at radius 2 is 2.12 bits per heavy atom. The molecule has 5 heteroatoms. The first kappa shape index (κ1) is 12.9. The van der Waals surface area contributed by atoms with Crippen molar-refractivity contribution in [3.05, 3.63) is 39.9 Å². The third kappa shape index (κ3) is 4.13. The van der Waals surface area contributed by atoms with Gasteiger partial charge in [-0.1, -0.05) is 23.2 Å². The molecule has 0 radical (unpaired) electrons. The number of benzene rings is 1. The van der Waals surface area contributed by atoms with Crippen LogP contribution in [0.4, 0.5) is 0 Å². The molecule has 0 aliphatic carbocycles. The number of hydrogen-bond donors (Lipinski definition) is 1. The van der Waals surface area contributed by atoms with Gasteiger partial charge in [0.25, 0.3) is 0 Å². The van der Waals surface area contributed by atoms with Crippen LogP contribution in [0.3, 0.4) is 0 Å². The molecule has 0 aliphatic rings. The second-order valence-corrected chi connectivity index (χ2v) is 4.01. The van der Waals surface area contributed by atoms with Crippen molar-refractivity contribution in [1.29, 1.82) is 0 Å². The molecule has 0 aromatic heterocycles. The van der Waals surface area contributed by atoms with Crippen LogP contribution in [-0.4, -0.2) is 17.7 Å². The maximum Gasteiger partial charge on any atom is 0.328 e. The molecule has 0 aliphatic heterocycles. The van der Waals surface area contributed by atoms with Gasteiger partial charge in [0.05, 0.1) is 10.0 Å². The fourth-order valence-electron chi connectivity index (χ4n) is 1.02. The minimum absolute atomic E-state index is 0.199. The van der Waals surface area contributed by atoms with E-state index in [1.54, 1.807) is 25.1 Å². The second-order valence-electron chi connectivity index (χ2n) is 3.19. The zero-order valence-electron chi connectivity index (χ0n) is 8.54. The summed E-state index contributed by atoms with van der Waals surface area (Å²) < 4.78 is 5.33. The third-order valence-electron chi connectivity index (χ3n) is 1.73. The zero-order valence-corrected chi connectivity index (χ0v) is 10.0. The molecule has 1 aromatic rings. The van der Waals surface area contributed by atoms with Gasteiger partial charge in [0.2, 0.25) is 0 Å². The summed E-state index contributed by atoms with van der Waals surface area (Å²) in [6.45, 7) is 1.87. The van der Waals surface area contributed by atoms with Gasteiger partial charge in [-0.15, -0.1) is 0 Å². The number of aliphatic carboxylic acids is 1. The SMILES string of the molecule is CC(=CC(=O)O)COc1ccc(Cl)c(Cl)c1. The maximum absolute atomic E-state index is 10.3. The number of carboxylic acid groups (broad SMARTS) is 1. The van der Waals surface area contributed by atoms with Gasteiger partial charge < -0.3 is 9.84 Å². The smallest absolute Gasteiger partial charge is 0.328 e. The second kappa shape index (κ2) is 5.77. The number of carbonyl (C=O) groups is 1. The quantitative estimate of drug-likeness (QED) is 0.845. The highest BCUT2D eigenvalue weighted by Crippen LogP contribution is 2.26. The maximum atomic E-state index is 10.3. The first-order chi connectivity index (χ1) is 7.49. The minimum atomic E-state index is -0.991. The van der Waals surface area contributed by atoms with Gasteiger partial charge in [-0.3, -0.25) is 0 Å². The number of hydrogen-bond acceptors (Lipinski definition) is 2. The van der Waals surface area contributed by atoms with Crippen LogP contribution in [-0.2, 0) is 4.79 Å². The van der Waals surface area contributed by atoms with E-state index in [4.69, 9.17) is 33.0 Å². The summed E-state index contributed by atoms with van der Waals surface area (Å²) in [4.78, 5) is 10.3. The van der Waals surface area contributed by atoms with E-state index in [0.29, 0.717) is 21.4 Å². The van der Waals surface area contributed by atoms with Gasteiger partial charge in [0, 0.05) is 12.1 Å². The highest BCUT2D eigenvalue weighted by molar-refractivity contribution is 6.42. The molecule has 0 heterocycles. The molecule has 0 saturated carbocycles. The number of ether oxygens (including phenoxy) is 1. The molecular formula is C11H10Cl2O3. The van der Waals surface area contributed by atoms with Gasteiger partial charge in [-0.25, -0.2) is 4.79 Å². The molecule has 0 bridgehead atoms. The third-order valence-corrected chi connectivity index (χ3v) is 2.47. The molecule has 0 amide bonds. The predicted molar refractivity (Wildman–Crippen MR) is 63.3 cm³/mol. The summed E-state index contributed by atoms with van der Waals surface area (Å²) in [5, 5.41) is 9.34. The Bertz CT molecular complexity index is 427. The predicted octanol–water partition coefficient (Wildman–Crippen LogP) is 3.40. The van der Waals surface area contributed by atoms with Crippen molar-refractivity contribution in [2.45, 2.75) is 6.92 Å². The van der Waals surface area contributed by atoms with E-state index in [1.165, 1.54) is 0 Å². The molecular weight excluding hydrogens is 251 g/mol. The molecule has 0 fully saturated rings. The fourth-order valence-corrected chi connectivity index (χ4v) is 1.30. The van der Waals surface area contributed by atoms with Crippen molar-refractivity contribution in [1.82, 2.24) is 0 Å². The highest BCUT2D eigenvalue weighted by atomic mass is 35.5. The molecule has 86 valence electrons. The van der Waals surface area contributed by atoms with Crippen molar-refractivity contribution >= 4 is 29.2 Å². The lowest BCUT2D eigenvalue weighted by atomic mass is 10.3. The van der Waals surface area contributed by atoms with E-state index in [-0.39, 0.29) is 6.61 Å². The van der Waals surface area contributed by atoms with Crippen molar-refractivity contribution in [2.75, 3.05) is 6.61 Å². The monoisotopic (exact) mass is 260 g/mol. The molecule has 0 atom stereocenters. The van der Waals surface area contributed by atoms with E-state index >= 15 is 0 Å². The van der Waals surface area contributed by atoms with Crippen LogP contribution in [0, 0.1) is 0 Å². The van der Waals surface area contributed by atoms with E-state index < -0.39 is 5.97 Å². The number of carboxylic acids is 1. The van der Waals surface area contributed by atoms with Gasteiger partial charge >= 0.3 is 5.97 Å². The summed E-state index contributed by atoms with van der Waals surface area (Å²) in [5.41, 5.74) is 0.610. The first-order valence-electron chi connectivity index (χ1n) is 4.47. The van der Waals surface area contributed by atoms with Crippen molar-refractivity contribution < 1.29 is 14.6 Å². The van der Waals surface area contributed by atoms with Crippen LogP contribution < -0.4 is 4.74 Å². The standard InChI is InChI=1S/C11H10Cl2O3/c1-7(4-11(14)15)6-16-8-2-3-9(12)10(13)5-8/h2-5H,6H2,1H3,(H,14,15). The Labute approximate surface area is 103 Å².